The summed E-state index contributed by atoms with van der Waals surface area (Å²) in [5.41, 5.74) is -0.655. The van der Waals surface area contributed by atoms with E-state index < -0.39 is 24.3 Å². The van der Waals surface area contributed by atoms with Crippen molar-refractivity contribution in [3.63, 3.8) is 0 Å². The number of aliphatic carboxylic acids is 1. The van der Waals surface area contributed by atoms with Crippen molar-refractivity contribution >= 4 is 17.9 Å². The molecule has 1 aliphatic carbocycles. The van der Waals surface area contributed by atoms with Crippen molar-refractivity contribution in [1.82, 2.24) is 4.31 Å². The number of alkyl halides is 3. The second-order valence-electron chi connectivity index (χ2n) is 4.90. The largest absolute Gasteiger partial charge is 0.480 e. The van der Waals surface area contributed by atoms with Gasteiger partial charge in [-0.05, 0) is 36.9 Å². The van der Waals surface area contributed by atoms with Gasteiger partial charge in [0.05, 0.1) is 12.2 Å². The van der Waals surface area contributed by atoms with E-state index in [-0.39, 0.29) is 17.5 Å². The molecule has 1 fully saturated rings. The molecule has 1 saturated carbocycles. The molecule has 4 nitrogen and oxygen atoms in total. The smallest absolute Gasteiger partial charge is 0.417 e. The third kappa shape index (κ3) is 5.19. The van der Waals surface area contributed by atoms with Crippen LogP contribution in [0.5, 0.6) is 0 Å². The Kier molecular flexibility index (Phi) is 5.71. The number of hydrogen-bond acceptors (Lipinski definition) is 4. The van der Waals surface area contributed by atoms with E-state index in [9.17, 15) is 18.0 Å². The molecule has 2 rings (SSSR count). The van der Waals surface area contributed by atoms with Crippen LogP contribution in [-0.2, 0) is 15.7 Å². The van der Waals surface area contributed by atoms with Crippen LogP contribution < -0.4 is 0 Å². The molecular formula is C14H16F3NO3S. The highest BCUT2D eigenvalue weighted by Gasteiger charge is 2.36. The summed E-state index contributed by atoms with van der Waals surface area (Å²) >= 11 is 1.06. The van der Waals surface area contributed by atoms with Gasteiger partial charge in [0, 0.05) is 17.5 Å². The first-order valence-electron chi connectivity index (χ1n) is 6.78. The number of carboxylic acids is 1. The lowest BCUT2D eigenvalue weighted by Crippen LogP contribution is -2.24. The molecule has 1 aromatic rings. The topological polar surface area (TPSA) is 49.8 Å². The van der Waals surface area contributed by atoms with E-state index in [1.54, 1.807) is 6.07 Å². The average molecular weight is 335 g/mol. The first-order chi connectivity index (χ1) is 10.4. The summed E-state index contributed by atoms with van der Waals surface area (Å²) in [4.78, 5) is 10.5. The molecule has 0 atom stereocenters. The molecule has 0 aromatic heterocycles. The second kappa shape index (κ2) is 7.34. The first kappa shape index (κ1) is 17.1. The maximum Gasteiger partial charge on any atom is 0.417 e. The number of carboxylic acid groups (broad SMARTS) is 1. The van der Waals surface area contributed by atoms with Crippen LogP contribution in [0.3, 0.4) is 0 Å². The van der Waals surface area contributed by atoms with Gasteiger partial charge in [0.15, 0.2) is 0 Å². The lowest BCUT2D eigenvalue weighted by atomic mass is 10.2. The minimum Gasteiger partial charge on any atom is -0.480 e. The van der Waals surface area contributed by atoms with Gasteiger partial charge in [-0.15, -0.1) is 0 Å². The fraction of sp³-hybridized carbons (Fsp3) is 0.500. The minimum absolute atomic E-state index is 0.153. The quantitative estimate of drug-likeness (QED) is 0.584. The van der Waals surface area contributed by atoms with Gasteiger partial charge in [-0.3, -0.25) is 0 Å². The molecule has 0 bridgehead atoms. The minimum atomic E-state index is -4.39. The summed E-state index contributed by atoms with van der Waals surface area (Å²) < 4.78 is 45.8. The fourth-order valence-electron chi connectivity index (χ4n) is 1.89. The van der Waals surface area contributed by atoms with Crippen molar-refractivity contribution in [2.24, 2.45) is 0 Å². The van der Waals surface area contributed by atoms with E-state index in [1.165, 1.54) is 12.1 Å². The highest BCUT2D eigenvalue weighted by atomic mass is 32.2. The Morgan fingerprint density at radius 2 is 2.05 bits per heavy atom. The number of carbonyl (C=O) groups is 1. The highest BCUT2D eigenvalue weighted by molar-refractivity contribution is 7.97. The molecule has 0 spiro atoms. The van der Waals surface area contributed by atoms with Crippen LogP contribution in [0.15, 0.2) is 29.2 Å². The van der Waals surface area contributed by atoms with E-state index in [0.717, 1.165) is 30.9 Å². The van der Waals surface area contributed by atoms with E-state index in [4.69, 9.17) is 9.84 Å². The lowest BCUT2D eigenvalue weighted by Gasteiger charge is -2.22. The third-order valence-corrected chi connectivity index (χ3v) is 4.31. The maximum absolute atomic E-state index is 13.0. The number of benzene rings is 1. The highest BCUT2D eigenvalue weighted by Crippen LogP contribution is 2.41. The van der Waals surface area contributed by atoms with Crippen molar-refractivity contribution in [3.8, 4) is 0 Å². The van der Waals surface area contributed by atoms with E-state index in [0.29, 0.717) is 6.54 Å². The third-order valence-electron chi connectivity index (χ3n) is 3.04. The molecule has 122 valence electrons. The molecule has 1 N–H and O–H groups in total. The van der Waals surface area contributed by atoms with Crippen LogP contribution in [0.25, 0.3) is 0 Å². The predicted molar refractivity (Wildman–Crippen MR) is 75.5 cm³/mol. The van der Waals surface area contributed by atoms with Gasteiger partial charge in [-0.25, -0.2) is 9.10 Å². The molecule has 0 aliphatic heterocycles. The average Bonchev–Trinajstić information content (AvgIpc) is 3.26. The van der Waals surface area contributed by atoms with Crippen molar-refractivity contribution in [2.75, 3.05) is 19.8 Å². The lowest BCUT2D eigenvalue weighted by molar-refractivity contribution is -0.142. The molecule has 1 aliphatic rings. The molecule has 0 unspecified atom stereocenters. The summed E-state index contributed by atoms with van der Waals surface area (Å²) in [6, 6.07) is 5.67. The summed E-state index contributed by atoms with van der Waals surface area (Å²) in [6.45, 7) is 0.154. The SMILES string of the molecule is O=C(O)COCCN(Sc1ccccc1C(F)(F)F)C1CC1. The van der Waals surface area contributed by atoms with Crippen LogP contribution in [0.1, 0.15) is 18.4 Å². The molecule has 1 aromatic carbocycles. The predicted octanol–water partition coefficient (Wildman–Crippen LogP) is 3.28. The Hall–Kier alpha value is -1.25. The van der Waals surface area contributed by atoms with Crippen LogP contribution in [0.2, 0.25) is 0 Å². The van der Waals surface area contributed by atoms with Gasteiger partial charge in [0.2, 0.25) is 0 Å². The summed E-state index contributed by atoms with van der Waals surface area (Å²) in [5, 5.41) is 8.49. The van der Waals surface area contributed by atoms with E-state index >= 15 is 0 Å². The maximum atomic E-state index is 13.0. The Morgan fingerprint density at radius 3 is 2.64 bits per heavy atom. The first-order valence-corrected chi connectivity index (χ1v) is 7.55. The van der Waals surface area contributed by atoms with E-state index in [2.05, 4.69) is 0 Å². The normalized spacial score (nSPS) is 15.3. The summed E-state index contributed by atoms with van der Waals surface area (Å²) in [5.74, 6) is -1.06. The van der Waals surface area contributed by atoms with Crippen LogP contribution >= 0.6 is 11.9 Å². The Labute approximate surface area is 130 Å². The zero-order valence-electron chi connectivity index (χ0n) is 11.7. The van der Waals surface area contributed by atoms with Crippen molar-refractivity contribution in [1.29, 1.82) is 0 Å². The number of hydrogen-bond donors (Lipinski definition) is 1. The molecule has 0 radical (unpaired) electrons. The Balaban J connectivity index is 1.98. The zero-order valence-corrected chi connectivity index (χ0v) is 12.5. The number of rotatable bonds is 8. The van der Waals surface area contributed by atoms with Crippen LogP contribution in [0.4, 0.5) is 13.2 Å². The van der Waals surface area contributed by atoms with Crippen LogP contribution in [-0.4, -0.2) is 41.2 Å². The molecular weight excluding hydrogens is 319 g/mol. The van der Waals surface area contributed by atoms with Gasteiger partial charge in [0.1, 0.15) is 6.61 Å². The molecule has 0 heterocycles. The zero-order chi connectivity index (χ0) is 16.2. The van der Waals surface area contributed by atoms with Gasteiger partial charge in [-0.2, -0.15) is 13.2 Å². The van der Waals surface area contributed by atoms with Crippen molar-refractivity contribution in [2.45, 2.75) is 30.0 Å². The standard InChI is InChI=1S/C14H16F3NO3S/c15-14(16,17)11-3-1-2-4-12(11)22-18(10-5-6-10)7-8-21-9-13(19)20/h1-4,10H,5-9H2,(H,19,20). The Bertz CT molecular complexity index is 520. The van der Waals surface area contributed by atoms with E-state index in [1.807, 2.05) is 4.31 Å². The van der Waals surface area contributed by atoms with Gasteiger partial charge in [-0.1, -0.05) is 12.1 Å². The summed E-state index contributed by atoms with van der Waals surface area (Å²) in [6.07, 6.45) is -2.53. The Morgan fingerprint density at radius 1 is 1.36 bits per heavy atom. The molecule has 8 heteroatoms. The number of ether oxygens (including phenoxy) is 1. The van der Waals surface area contributed by atoms with Gasteiger partial charge >= 0.3 is 12.1 Å². The van der Waals surface area contributed by atoms with Crippen molar-refractivity contribution in [3.05, 3.63) is 29.8 Å². The van der Waals surface area contributed by atoms with Gasteiger partial charge < -0.3 is 9.84 Å². The number of nitrogens with zero attached hydrogens (tertiary/aromatic N) is 1. The number of halogens is 3. The van der Waals surface area contributed by atoms with Crippen LogP contribution in [0, 0.1) is 0 Å². The monoisotopic (exact) mass is 335 g/mol. The molecule has 22 heavy (non-hydrogen) atoms. The summed E-state index contributed by atoms with van der Waals surface area (Å²) in [7, 11) is 0. The molecule has 0 amide bonds. The fourth-order valence-corrected chi connectivity index (χ4v) is 3.09. The van der Waals surface area contributed by atoms with Crippen molar-refractivity contribution < 1.29 is 27.8 Å². The second-order valence-corrected chi connectivity index (χ2v) is 5.99. The molecule has 0 saturated heterocycles. The van der Waals surface area contributed by atoms with Gasteiger partial charge in [0.25, 0.3) is 0 Å².